The molecule has 2 atom stereocenters. The first-order valence-corrected chi connectivity index (χ1v) is 6.80. The highest BCUT2D eigenvalue weighted by molar-refractivity contribution is 6.00. The van der Waals surface area contributed by atoms with Gasteiger partial charge in [0.15, 0.2) is 0 Å². The summed E-state index contributed by atoms with van der Waals surface area (Å²) in [6.07, 6.45) is 1.20. The molecular formula is C14H19N3O3. The Hall–Kier alpha value is -2.11. The van der Waals surface area contributed by atoms with Gasteiger partial charge >= 0.3 is 0 Å². The standard InChI is InChI=1S/C14H19N3O3/c1-4-8(2)9(3)15-12-7-11-10(6-14(18)16-11)5-13(12)17(19)20/h5,7-9,15H,4,6H2,1-3H3,(H,16,18). The van der Waals surface area contributed by atoms with Crippen LogP contribution in [0.15, 0.2) is 12.1 Å². The minimum Gasteiger partial charge on any atom is -0.377 e. The van der Waals surface area contributed by atoms with Crippen molar-refractivity contribution in [3.05, 3.63) is 27.8 Å². The molecule has 0 aliphatic carbocycles. The first-order chi connectivity index (χ1) is 9.42. The van der Waals surface area contributed by atoms with Gasteiger partial charge in [-0.1, -0.05) is 20.3 Å². The van der Waals surface area contributed by atoms with Gasteiger partial charge in [0.25, 0.3) is 5.69 Å². The molecule has 0 saturated carbocycles. The number of nitrogens with one attached hydrogen (secondary N) is 2. The summed E-state index contributed by atoms with van der Waals surface area (Å²) < 4.78 is 0. The molecule has 1 heterocycles. The highest BCUT2D eigenvalue weighted by Crippen LogP contribution is 2.35. The number of anilines is 2. The number of hydrogen-bond donors (Lipinski definition) is 2. The molecule has 108 valence electrons. The maximum Gasteiger partial charge on any atom is 0.292 e. The SMILES string of the molecule is CCC(C)C(C)Nc1cc2c(cc1[N+](=O)[O-])CC(=O)N2. The zero-order valence-corrected chi connectivity index (χ0v) is 11.9. The van der Waals surface area contributed by atoms with Crippen LogP contribution in [0.25, 0.3) is 0 Å². The Kier molecular flexibility index (Phi) is 3.92. The summed E-state index contributed by atoms with van der Waals surface area (Å²) in [4.78, 5) is 22.1. The highest BCUT2D eigenvalue weighted by Gasteiger charge is 2.25. The van der Waals surface area contributed by atoms with Crippen molar-refractivity contribution in [2.75, 3.05) is 10.6 Å². The third-order valence-corrected chi connectivity index (χ3v) is 3.92. The molecule has 0 fully saturated rings. The molecule has 0 aromatic heterocycles. The van der Waals surface area contributed by atoms with Gasteiger partial charge in [-0.25, -0.2) is 0 Å². The van der Waals surface area contributed by atoms with Crippen LogP contribution in [0.5, 0.6) is 0 Å². The predicted octanol–water partition coefficient (Wildman–Crippen LogP) is 2.94. The number of amides is 1. The molecule has 6 heteroatoms. The first-order valence-electron chi connectivity index (χ1n) is 6.80. The van der Waals surface area contributed by atoms with Crippen molar-refractivity contribution in [3.8, 4) is 0 Å². The van der Waals surface area contributed by atoms with Crippen molar-refractivity contribution in [3.63, 3.8) is 0 Å². The summed E-state index contributed by atoms with van der Waals surface area (Å²) in [6.45, 7) is 6.18. The second kappa shape index (κ2) is 5.48. The summed E-state index contributed by atoms with van der Waals surface area (Å²) in [7, 11) is 0. The van der Waals surface area contributed by atoms with E-state index in [0.29, 0.717) is 22.9 Å². The van der Waals surface area contributed by atoms with Gasteiger partial charge in [0.1, 0.15) is 5.69 Å². The van der Waals surface area contributed by atoms with Gasteiger partial charge in [-0.05, 0) is 24.5 Å². The molecule has 0 bridgehead atoms. The van der Waals surface area contributed by atoms with E-state index in [1.807, 2.05) is 6.92 Å². The van der Waals surface area contributed by atoms with Crippen LogP contribution < -0.4 is 10.6 Å². The summed E-state index contributed by atoms with van der Waals surface area (Å²) >= 11 is 0. The van der Waals surface area contributed by atoms with Crippen molar-refractivity contribution in [2.45, 2.75) is 39.7 Å². The molecular weight excluding hydrogens is 258 g/mol. The van der Waals surface area contributed by atoms with Crippen molar-refractivity contribution in [2.24, 2.45) is 5.92 Å². The Bertz CT molecular complexity index is 557. The number of nitro benzene ring substituents is 1. The normalized spacial score (nSPS) is 16.2. The first kappa shape index (κ1) is 14.3. The van der Waals surface area contributed by atoms with E-state index in [1.54, 1.807) is 6.07 Å². The Balaban J connectivity index is 2.34. The smallest absolute Gasteiger partial charge is 0.292 e. The monoisotopic (exact) mass is 277 g/mol. The van der Waals surface area contributed by atoms with Crippen LogP contribution in [0.1, 0.15) is 32.8 Å². The number of nitro groups is 1. The van der Waals surface area contributed by atoms with E-state index in [4.69, 9.17) is 0 Å². The molecule has 1 aliphatic rings. The second-order valence-electron chi connectivity index (χ2n) is 5.33. The molecule has 20 heavy (non-hydrogen) atoms. The van der Waals surface area contributed by atoms with Gasteiger partial charge in [0.2, 0.25) is 5.91 Å². The number of nitrogens with zero attached hydrogens (tertiary/aromatic N) is 1. The molecule has 0 radical (unpaired) electrons. The number of benzene rings is 1. The zero-order chi connectivity index (χ0) is 14.9. The lowest BCUT2D eigenvalue weighted by atomic mass is 10.00. The summed E-state index contributed by atoms with van der Waals surface area (Å²) in [5, 5.41) is 17.1. The number of carbonyl (C=O) groups is 1. The number of hydrogen-bond acceptors (Lipinski definition) is 4. The Labute approximate surface area is 117 Å². The number of rotatable bonds is 5. The second-order valence-corrected chi connectivity index (χ2v) is 5.33. The van der Waals surface area contributed by atoms with Crippen molar-refractivity contribution < 1.29 is 9.72 Å². The van der Waals surface area contributed by atoms with Crippen LogP contribution in [0.3, 0.4) is 0 Å². The van der Waals surface area contributed by atoms with Gasteiger partial charge in [0, 0.05) is 17.8 Å². The summed E-state index contributed by atoms with van der Waals surface area (Å²) in [5.41, 5.74) is 1.84. The average molecular weight is 277 g/mol. The van der Waals surface area contributed by atoms with Crippen LogP contribution in [-0.4, -0.2) is 16.9 Å². The van der Waals surface area contributed by atoms with Crippen LogP contribution >= 0.6 is 0 Å². The third kappa shape index (κ3) is 2.74. The van der Waals surface area contributed by atoms with E-state index in [-0.39, 0.29) is 24.1 Å². The number of carbonyl (C=O) groups excluding carboxylic acids is 1. The summed E-state index contributed by atoms with van der Waals surface area (Å²) in [6, 6.07) is 3.27. The largest absolute Gasteiger partial charge is 0.377 e. The van der Waals surface area contributed by atoms with E-state index >= 15 is 0 Å². The Morgan fingerprint density at radius 2 is 2.15 bits per heavy atom. The van der Waals surface area contributed by atoms with Crippen LogP contribution in [-0.2, 0) is 11.2 Å². The fraction of sp³-hybridized carbons (Fsp3) is 0.500. The lowest BCUT2D eigenvalue weighted by Crippen LogP contribution is -2.23. The van der Waals surface area contributed by atoms with E-state index in [0.717, 1.165) is 6.42 Å². The van der Waals surface area contributed by atoms with E-state index in [9.17, 15) is 14.9 Å². The van der Waals surface area contributed by atoms with E-state index in [2.05, 4.69) is 24.5 Å². The highest BCUT2D eigenvalue weighted by atomic mass is 16.6. The van der Waals surface area contributed by atoms with Crippen molar-refractivity contribution in [1.82, 2.24) is 0 Å². The lowest BCUT2D eigenvalue weighted by molar-refractivity contribution is -0.384. The third-order valence-electron chi connectivity index (χ3n) is 3.92. The average Bonchev–Trinajstić information content (AvgIpc) is 2.75. The minimum absolute atomic E-state index is 0.0235. The molecule has 1 aliphatic heterocycles. The van der Waals surface area contributed by atoms with Crippen molar-refractivity contribution in [1.29, 1.82) is 0 Å². The topological polar surface area (TPSA) is 84.3 Å². The van der Waals surface area contributed by atoms with Crippen LogP contribution in [0.2, 0.25) is 0 Å². The molecule has 0 saturated heterocycles. The predicted molar refractivity (Wildman–Crippen MR) is 78.0 cm³/mol. The minimum atomic E-state index is -0.408. The van der Waals surface area contributed by atoms with Crippen molar-refractivity contribution >= 4 is 23.0 Å². The van der Waals surface area contributed by atoms with Gasteiger partial charge in [-0.15, -0.1) is 0 Å². The molecule has 0 spiro atoms. The maximum absolute atomic E-state index is 11.4. The molecule has 1 amide bonds. The summed E-state index contributed by atoms with van der Waals surface area (Å²) in [5.74, 6) is 0.277. The fourth-order valence-electron chi connectivity index (χ4n) is 2.27. The van der Waals surface area contributed by atoms with Gasteiger partial charge in [-0.3, -0.25) is 14.9 Å². The molecule has 1 aromatic carbocycles. The van der Waals surface area contributed by atoms with E-state index < -0.39 is 4.92 Å². The fourth-order valence-corrected chi connectivity index (χ4v) is 2.27. The quantitative estimate of drug-likeness (QED) is 0.640. The molecule has 2 unspecified atom stereocenters. The van der Waals surface area contributed by atoms with Gasteiger partial charge < -0.3 is 10.6 Å². The number of fused-ring (bicyclic) bond motifs is 1. The Morgan fingerprint density at radius 1 is 1.45 bits per heavy atom. The Morgan fingerprint density at radius 3 is 2.75 bits per heavy atom. The van der Waals surface area contributed by atoms with Crippen LogP contribution in [0.4, 0.5) is 17.1 Å². The maximum atomic E-state index is 11.4. The lowest BCUT2D eigenvalue weighted by Gasteiger charge is -2.21. The van der Waals surface area contributed by atoms with E-state index in [1.165, 1.54) is 6.07 Å². The molecule has 1 aromatic rings. The zero-order valence-electron chi connectivity index (χ0n) is 11.9. The molecule has 6 nitrogen and oxygen atoms in total. The van der Waals surface area contributed by atoms with Gasteiger partial charge in [0.05, 0.1) is 11.3 Å². The van der Waals surface area contributed by atoms with Crippen LogP contribution in [0, 0.1) is 16.0 Å². The van der Waals surface area contributed by atoms with Gasteiger partial charge in [-0.2, -0.15) is 0 Å². The molecule has 2 rings (SSSR count). The molecule has 2 N–H and O–H groups in total.